The Labute approximate surface area is 194 Å². The fraction of sp³-hybridized carbons (Fsp3) is 0.467. The van der Waals surface area contributed by atoms with E-state index < -0.39 is 5.60 Å². The first-order valence-corrected chi connectivity index (χ1v) is 12.6. The van der Waals surface area contributed by atoms with Crippen LogP contribution in [0.15, 0.2) is 66.7 Å². The highest BCUT2D eigenvalue weighted by molar-refractivity contribution is 5.86. The summed E-state index contributed by atoms with van der Waals surface area (Å²) in [4.78, 5) is 0. The number of fused-ring (bicyclic) bond motifs is 1. The molecule has 1 saturated carbocycles. The molecule has 0 aromatic heterocycles. The SMILES string of the molecule is CCC(O)(CC)CCc1ccc([C@H]2CC[C@H](NC(C)c3cccc4ccccc34)C2)cc1. The highest BCUT2D eigenvalue weighted by atomic mass is 16.3. The summed E-state index contributed by atoms with van der Waals surface area (Å²) in [7, 11) is 0. The first-order valence-electron chi connectivity index (χ1n) is 12.6. The van der Waals surface area contributed by atoms with E-state index in [1.54, 1.807) is 0 Å². The second-order valence-electron chi connectivity index (χ2n) is 9.84. The van der Waals surface area contributed by atoms with E-state index in [2.05, 4.69) is 92.8 Å². The van der Waals surface area contributed by atoms with E-state index in [9.17, 15) is 5.11 Å². The molecule has 0 amide bonds. The van der Waals surface area contributed by atoms with Gasteiger partial charge in [0.2, 0.25) is 0 Å². The van der Waals surface area contributed by atoms with Gasteiger partial charge in [-0.2, -0.15) is 0 Å². The van der Waals surface area contributed by atoms with Gasteiger partial charge < -0.3 is 10.4 Å². The highest BCUT2D eigenvalue weighted by Crippen LogP contribution is 2.36. The quantitative estimate of drug-likeness (QED) is 0.374. The van der Waals surface area contributed by atoms with E-state index in [1.165, 1.54) is 46.7 Å². The predicted octanol–water partition coefficient (Wildman–Crippen LogP) is 7.31. The zero-order valence-corrected chi connectivity index (χ0v) is 20.0. The topological polar surface area (TPSA) is 32.3 Å². The molecule has 3 atom stereocenters. The third-order valence-corrected chi connectivity index (χ3v) is 7.85. The number of hydrogen-bond acceptors (Lipinski definition) is 2. The van der Waals surface area contributed by atoms with Gasteiger partial charge in [0.25, 0.3) is 0 Å². The van der Waals surface area contributed by atoms with Gasteiger partial charge in [0, 0.05) is 12.1 Å². The van der Waals surface area contributed by atoms with Crippen molar-refractivity contribution in [3.63, 3.8) is 0 Å². The van der Waals surface area contributed by atoms with Crippen molar-refractivity contribution in [1.29, 1.82) is 0 Å². The molecule has 0 saturated heterocycles. The lowest BCUT2D eigenvalue weighted by atomic mass is 9.89. The van der Waals surface area contributed by atoms with Crippen LogP contribution in [0.2, 0.25) is 0 Å². The van der Waals surface area contributed by atoms with Crippen molar-refractivity contribution in [2.75, 3.05) is 0 Å². The summed E-state index contributed by atoms with van der Waals surface area (Å²) in [5.41, 5.74) is 3.70. The number of benzene rings is 3. The van der Waals surface area contributed by atoms with Crippen LogP contribution < -0.4 is 5.32 Å². The van der Waals surface area contributed by atoms with Crippen LogP contribution in [0.5, 0.6) is 0 Å². The van der Waals surface area contributed by atoms with Crippen LogP contribution in [0.1, 0.15) is 87.9 Å². The summed E-state index contributed by atoms with van der Waals surface area (Å²) >= 11 is 0. The van der Waals surface area contributed by atoms with Gasteiger partial charge in [0.15, 0.2) is 0 Å². The molecule has 1 aliphatic carbocycles. The summed E-state index contributed by atoms with van der Waals surface area (Å²) < 4.78 is 0. The number of rotatable bonds is 9. The zero-order chi connectivity index (χ0) is 22.6. The van der Waals surface area contributed by atoms with Crippen LogP contribution in [-0.2, 0) is 6.42 Å². The lowest BCUT2D eigenvalue weighted by molar-refractivity contribution is 0.0239. The van der Waals surface area contributed by atoms with Crippen LogP contribution in [-0.4, -0.2) is 16.7 Å². The Balaban J connectivity index is 1.34. The van der Waals surface area contributed by atoms with Gasteiger partial charge in [0.1, 0.15) is 0 Å². The van der Waals surface area contributed by atoms with Gasteiger partial charge in [-0.25, -0.2) is 0 Å². The molecule has 0 radical (unpaired) electrons. The smallest absolute Gasteiger partial charge is 0.0645 e. The maximum atomic E-state index is 10.6. The molecule has 2 heteroatoms. The van der Waals surface area contributed by atoms with E-state index >= 15 is 0 Å². The van der Waals surface area contributed by atoms with Crippen LogP contribution in [0.3, 0.4) is 0 Å². The van der Waals surface area contributed by atoms with Gasteiger partial charge in [-0.05, 0) is 85.3 Å². The fourth-order valence-corrected chi connectivity index (χ4v) is 5.44. The minimum absolute atomic E-state index is 0.350. The maximum Gasteiger partial charge on any atom is 0.0645 e. The van der Waals surface area contributed by atoms with E-state index in [1.807, 2.05) is 0 Å². The third kappa shape index (κ3) is 5.24. The van der Waals surface area contributed by atoms with Gasteiger partial charge in [-0.1, -0.05) is 80.6 Å². The van der Waals surface area contributed by atoms with Crippen molar-refractivity contribution in [2.24, 2.45) is 0 Å². The third-order valence-electron chi connectivity index (χ3n) is 7.85. The average molecular weight is 430 g/mol. The normalized spacial score (nSPS) is 20.0. The number of aliphatic hydroxyl groups is 1. The van der Waals surface area contributed by atoms with E-state index in [0.29, 0.717) is 18.0 Å². The van der Waals surface area contributed by atoms with Crippen molar-refractivity contribution < 1.29 is 5.11 Å². The Bertz CT molecular complexity index is 1000. The Morgan fingerprint density at radius 1 is 0.938 bits per heavy atom. The Kier molecular flexibility index (Phi) is 7.33. The summed E-state index contributed by atoms with van der Waals surface area (Å²) in [6.45, 7) is 6.47. The molecular weight excluding hydrogens is 390 g/mol. The molecule has 3 aromatic rings. The number of nitrogens with one attached hydrogen (secondary N) is 1. The lowest BCUT2D eigenvalue weighted by Gasteiger charge is -2.25. The molecule has 0 aliphatic heterocycles. The van der Waals surface area contributed by atoms with Crippen molar-refractivity contribution in [3.05, 3.63) is 83.4 Å². The molecule has 1 unspecified atom stereocenters. The van der Waals surface area contributed by atoms with Gasteiger partial charge in [-0.3, -0.25) is 0 Å². The fourth-order valence-electron chi connectivity index (χ4n) is 5.44. The van der Waals surface area contributed by atoms with Crippen LogP contribution >= 0.6 is 0 Å². The number of aryl methyl sites for hydroxylation is 1. The molecule has 1 aliphatic rings. The molecule has 1 fully saturated rings. The molecule has 2 nitrogen and oxygen atoms in total. The van der Waals surface area contributed by atoms with Crippen molar-refractivity contribution in [1.82, 2.24) is 5.32 Å². The number of hydrogen-bond donors (Lipinski definition) is 2. The summed E-state index contributed by atoms with van der Waals surface area (Å²) in [6, 6.07) is 25.5. The van der Waals surface area contributed by atoms with Crippen LogP contribution in [0.4, 0.5) is 0 Å². The molecule has 3 aromatic carbocycles. The molecule has 32 heavy (non-hydrogen) atoms. The molecule has 2 N–H and O–H groups in total. The summed E-state index contributed by atoms with van der Waals surface area (Å²) in [5.74, 6) is 0.643. The maximum absolute atomic E-state index is 10.6. The molecule has 0 spiro atoms. The zero-order valence-electron chi connectivity index (χ0n) is 20.0. The van der Waals surface area contributed by atoms with E-state index in [-0.39, 0.29) is 0 Å². The molecule has 0 bridgehead atoms. The summed E-state index contributed by atoms with van der Waals surface area (Å²) in [5, 5.41) is 17.2. The van der Waals surface area contributed by atoms with E-state index in [0.717, 1.165) is 25.7 Å². The second kappa shape index (κ2) is 10.2. The molecule has 170 valence electrons. The molecular formula is C30H39NO. The first-order chi connectivity index (χ1) is 15.5. The Morgan fingerprint density at radius 3 is 2.41 bits per heavy atom. The first kappa shape index (κ1) is 23.0. The molecule has 0 heterocycles. The second-order valence-corrected chi connectivity index (χ2v) is 9.84. The lowest BCUT2D eigenvalue weighted by Crippen LogP contribution is -2.29. The van der Waals surface area contributed by atoms with Gasteiger partial charge in [0.05, 0.1) is 5.60 Å². The predicted molar refractivity (Wildman–Crippen MR) is 136 cm³/mol. The monoisotopic (exact) mass is 429 g/mol. The average Bonchev–Trinajstić information content (AvgIpc) is 3.31. The van der Waals surface area contributed by atoms with Gasteiger partial charge in [-0.15, -0.1) is 0 Å². The van der Waals surface area contributed by atoms with Crippen LogP contribution in [0.25, 0.3) is 10.8 Å². The minimum Gasteiger partial charge on any atom is -0.390 e. The van der Waals surface area contributed by atoms with E-state index in [4.69, 9.17) is 0 Å². The summed E-state index contributed by atoms with van der Waals surface area (Å²) in [6.07, 6.45) is 7.16. The van der Waals surface area contributed by atoms with Crippen molar-refractivity contribution in [3.8, 4) is 0 Å². The standard InChI is InChI=1S/C30H39NO/c1-4-30(32,5-2)20-19-23-13-15-24(16-14-23)26-17-18-27(21-26)31-22(3)28-12-8-10-25-9-6-7-11-29(25)28/h6-16,22,26-27,31-32H,4-5,17-21H2,1-3H3/t22?,26-,27-/m0/s1. The Morgan fingerprint density at radius 2 is 1.66 bits per heavy atom. The molecule has 4 rings (SSSR count). The van der Waals surface area contributed by atoms with Crippen molar-refractivity contribution in [2.45, 2.75) is 89.3 Å². The Hall–Kier alpha value is -2.16. The van der Waals surface area contributed by atoms with Gasteiger partial charge >= 0.3 is 0 Å². The van der Waals surface area contributed by atoms with Crippen molar-refractivity contribution >= 4 is 10.8 Å². The minimum atomic E-state index is -0.510. The highest BCUT2D eigenvalue weighted by Gasteiger charge is 2.27. The van der Waals surface area contributed by atoms with Crippen LogP contribution in [0, 0.1) is 0 Å². The largest absolute Gasteiger partial charge is 0.390 e.